The smallest absolute Gasteiger partial charge is 0.290 e. The largest absolute Gasteiger partial charge is 0.483 e. The molecule has 1 aromatic heterocycles. The molecule has 0 radical (unpaired) electrons. The van der Waals surface area contributed by atoms with Crippen LogP contribution in [0.25, 0.3) is 11.3 Å². The number of hydrogen-bond acceptors (Lipinski definition) is 8. The third-order valence-corrected chi connectivity index (χ3v) is 7.83. The van der Waals surface area contributed by atoms with Crippen LogP contribution >= 0.6 is 0 Å². The minimum Gasteiger partial charge on any atom is -0.483 e. The number of carbonyl (C=O) groups excluding carboxylic acids is 1. The van der Waals surface area contributed by atoms with Crippen molar-refractivity contribution in [1.29, 1.82) is 0 Å². The van der Waals surface area contributed by atoms with E-state index in [9.17, 15) is 18.0 Å². The van der Waals surface area contributed by atoms with Crippen molar-refractivity contribution < 1.29 is 41.4 Å². The first kappa shape index (κ1) is 34.5. The van der Waals surface area contributed by atoms with E-state index in [-0.39, 0.29) is 42.1 Å². The van der Waals surface area contributed by atoms with Gasteiger partial charge in [0.15, 0.2) is 5.82 Å². The first-order valence-corrected chi connectivity index (χ1v) is 14.5. The van der Waals surface area contributed by atoms with E-state index in [1.165, 1.54) is 12.3 Å². The quantitative estimate of drug-likeness (QED) is 0.275. The Morgan fingerprint density at radius 2 is 1.72 bits per heavy atom. The molecule has 0 spiro atoms. The number of carboxylic acid groups (broad SMARTS) is 1. The molecule has 1 amide bonds. The molecule has 2 fully saturated rings. The van der Waals surface area contributed by atoms with Crippen LogP contribution in [-0.2, 0) is 9.53 Å². The highest BCUT2D eigenvalue weighted by molar-refractivity contribution is 6.07. The molecule has 10 nitrogen and oxygen atoms in total. The Hall–Kier alpha value is -4.37. The van der Waals surface area contributed by atoms with Gasteiger partial charge in [0.05, 0.1) is 29.2 Å². The molecule has 5 rings (SSSR count). The summed E-state index contributed by atoms with van der Waals surface area (Å²) in [6.45, 7) is 7.83. The molecule has 3 aromatic rings. The normalized spacial score (nSPS) is 20.3. The average Bonchev–Trinajstić information content (AvgIpc) is 3.00. The van der Waals surface area contributed by atoms with Crippen LogP contribution in [0.5, 0.6) is 0 Å². The number of piperazine rings is 1. The molecule has 2 aliphatic heterocycles. The maximum absolute atomic E-state index is 16.5. The van der Waals surface area contributed by atoms with Gasteiger partial charge in [-0.05, 0) is 52.1 Å². The lowest BCUT2D eigenvalue weighted by Gasteiger charge is -2.39. The number of hydrogen-bond donors (Lipinski definition) is 2. The highest BCUT2D eigenvalue weighted by atomic mass is 19.3. The van der Waals surface area contributed by atoms with Crippen LogP contribution in [0.2, 0.25) is 0 Å². The molecule has 15 heteroatoms. The van der Waals surface area contributed by atoms with E-state index >= 15 is 8.78 Å². The lowest BCUT2D eigenvalue weighted by molar-refractivity contribution is -0.122. The summed E-state index contributed by atoms with van der Waals surface area (Å²) in [7, 11) is 1.93. The number of morpholine rings is 1. The number of aromatic nitrogens is 2. The first-order valence-electron chi connectivity index (χ1n) is 14.5. The van der Waals surface area contributed by atoms with Crippen molar-refractivity contribution in [1.82, 2.24) is 14.9 Å². The minimum absolute atomic E-state index is 0.0216. The molecule has 3 heterocycles. The number of benzene rings is 2. The zero-order valence-electron chi connectivity index (χ0n) is 25.7. The van der Waals surface area contributed by atoms with Crippen molar-refractivity contribution in [2.75, 3.05) is 54.9 Å². The molecule has 0 unspecified atom stereocenters. The van der Waals surface area contributed by atoms with Gasteiger partial charge in [-0.1, -0.05) is 0 Å². The summed E-state index contributed by atoms with van der Waals surface area (Å²) in [6, 6.07) is 4.83. The zero-order chi connectivity index (χ0) is 33.7. The first-order chi connectivity index (χ1) is 21.8. The van der Waals surface area contributed by atoms with Crippen LogP contribution in [0, 0.1) is 17.5 Å². The Kier molecular flexibility index (Phi) is 11.1. The van der Waals surface area contributed by atoms with Crippen molar-refractivity contribution >= 4 is 29.7 Å². The Labute approximate surface area is 262 Å². The second-order valence-corrected chi connectivity index (χ2v) is 11.2. The molecule has 248 valence electrons. The van der Waals surface area contributed by atoms with E-state index in [0.29, 0.717) is 38.8 Å². The molecular weight excluding hydrogens is 615 g/mol. The summed E-state index contributed by atoms with van der Waals surface area (Å²) >= 11 is 0. The second kappa shape index (κ2) is 14.8. The fourth-order valence-electron chi connectivity index (χ4n) is 5.56. The molecule has 0 aliphatic carbocycles. The molecule has 2 aromatic carbocycles. The van der Waals surface area contributed by atoms with E-state index < -0.39 is 52.2 Å². The topological polar surface area (TPSA) is 111 Å². The van der Waals surface area contributed by atoms with E-state index in [1.54, 1.807) is 4.90 Å². The van der Waals surface area contributed by atoms with Gasteiger partial charge in [0.2, 0.25) is 5.95 Å². The van der Waals surface area contributed by atoms with Gasteiger partial charge in [-0.2, -0.15) is 0 Å². The molecule has 2 saturated heterocycles. The Bertz CT molecular complexity index is 1550. The number of anilines is 3. The number of likely N-dealkylation sites (N-methyl/N-ethyl adjacent to an activating group) is 1. The number of nitrogens with zero attached hydrogens (tertiary/aromatic N) is 5. The van der Waals surface area contributed by atoms with Crippen LogP contribution in [0.15, 0.2) is 36.5 Å². The van der Waals surface area contributed by atoms with Crippen LogP contribution in [0.3, 0.4) is 0 Å². The summed E-state index contributed by atoms with van der Waals surface area (Å²) in [6.07, 6.45) is -1.99. The molecule has 2 aliphatic rings. The molecule has 46 heavy (non-hydrogen) atoms. The van der Waals surface area contributed by atoms with Gasteiger partial charge in [-0.3, -0.25) is 9.59 Å². The molecule has 0 bridgehead atoms. The second-order valence-electron chi connectivity index (χ2n) is 11.2. The van der Waals surface area contributed by atoms with Gasteiger partial charge in [0.1, 0.15) is 17.3 Å². The van der Waals surface area contributed by atoms with E-state index in [4.69, 9.17) is 14.6 Å². The Balaban J connectivity index is 0.00000154. The van der Waals surface area contributed by atoms with Crippen LogP contribution in [0.1, 0.15) is 43.1 Å². The lowest BCUT2D eigenvalue weighted by atomic mass is 10.0. The van der Waals surface area contributed by atoms with Gasteiger partial charge in [0, 0.05) is 62.2 Å². The minimum atomic E-state index is -3.16. The number of halogens is 5. The fourth-order valence-corrected chi connectivity index (χ4v) is 5.56. The number of alkyl halides is 2. The van der Waals surface area contributed by atoms with E-state index in [2.05, 4.69) is 20.2 Å². The van der Waals surface area contributed by atoms with Crippen molar-refractivity contribution in [2.45, 2.75) is 45.4 Å². The number of amides is 1. The maximum Gasteiger partial charge on any atom is 0.290 e. The Morgan fingerprint density at radius 1 is 1.04 bits per heavy atom. The SMILES string of the molecule is C[C@@H]1CN(c2nccc(-c3c(F)cc(N4CCN(C)[C@@H](C)C4)c(NC(=O)c4ccc(F)cc4C(F)F)c3F)n2)C[C@H](C)O1.O=CO. The predicted molar refractivity (Wildman–Crippen MR) is 162 cm³/mol. The van der Waals surface area contributed by atoms with Crippen molar-refractivity contribution in [3.05, 3.63) is 65.1 Å². The van der Waals surface area contributed by atoms with Gasteiger partial charge < -0.3 is 29.9 Å². The van der Waals surface area contributed by atoms with Crippen molar-refractivity contribution in [2.24, 2.45) is 0 Å². The zero-order valence-corrected chi connectivity index (χ0v) is 25.7. The summed E-state index contributed by atoms with van der Waals surface area (Å²) in [5.74, 6) is -3.81. The number of rotatable bonds is 6. The van der Waals surface area contributed by atoms with Gasteiger partial charge in [-0.15, -0.1) is 0 Å². The van der Waals surface area contributed by atoms with E-state index in [0.717, 1.165) is 18.2 Å². The van der Waals surface area contributed by atoms with Gasteiger partial charge in [-0.25, -0.2) is 31.9 Å². The summed E-state index contributed by atoms with van der Waals surface area (Å²) in [5, 5.41) is 9.29. The molecule has 3 atom stereocenters. The fraction of sp³-hybridized carbons (Fsp3) is 0.419. The number of nitrogens with one attached hydrogen (secondary N) is 1. The van der Waals surface area contributed by atoms with Crippen LogP contribution < -0.4 is 15.1 Å². The monoisotopic (exact) mass is 650 g/mol. The van der Waals surface area contributed by atoms with Crippen molar-refractivity contribution in [3.63, 3.8) is 0 Å². The standard InChI is InChI=1S/C30H33F5N6O2.CH2O2/c1-16-13-40(10-9-39(16)4)24-12-22(32)25(23-7-8-36-30(37-23)41-14-17(2)43-18(3)15-41)26(33)27(24)38-29(42)20-6-5-19(31)11-21(20)28(34)35;2-1-3/h5-8,11-12,16-18,28H,9-10,13-15H2,1-4H3,(H,38,42);1H,(H,2,3)/t16-,17-,18+;/m0./s1. The lowest BCUT2D eigenvalue weighted by Crippen LogP contribution is -2.50. The molecule has 2 N–H and O–H groups in total. The number of carbonyl (C=O) groups is 2. The number of ether oxygens (including phenoxy) is 1. The van der Waals surface area contributed by atoms with E-state index in [1.807, 2.05) is 32.7 Å². The Morgan fingerprint density at radius 3 is 2.35 bits per heavy atom. The summed E-state index contributed by atoms with van der Waals surface area (Å²) in [4.78, 5) is 36.1. The maximum atomic E-state index is 16.5. The van der Waals surface area contributed by atoms with Crippen LogP contribution in [-0.4, -0.2) is 90.4 Å². The third kappa shape index (κ3) is 7.70. The molecular formula is C31H35F5N6O4. The summed E-state index contributed by atoms with van der Waals surface area (Å²) in [5.41, 5.74) is -2.28. The van der Waals surface area contributed by atoms with Gasteiger partial charge >= 0.3 is 0 Å². The average molecular weight is 651 g/mol. The molecule has 0 saturated carbocycles. The summed E-state index contributed by atoms with van der Waals surface area (Å²) < 4.78 is 79.3. The highest BCUT2D eigenvalue weighted by Crippen LogP contribution is 2.39. The predicted octanol–water partition coefficient (Wildman–Crippen LogP) is 5.21. The van der Waals surface area contributed by atoms with Crippen molar-refractivity contribution in [3.8, 4) is 11.3 Å². The van der Waals surface area contributed by atoms with Gasteiger partial charge in [0.25, 0.3) is 18.8 Å². The third-order valence-electron chi connectivity index (χ3n) is 7.83. The van der Waals surface area contributed by atoms with Crippen LogP contribution in [0.4, 0.5) is 39.3 Å². The highest BCUT2D eigenvalue weighted by Gasteiger charge is 2.31.